The number of nitrogen functional groups attached to an aromatic ring is 1. The number of carbonyl (C=O) groups excluding carboxylic acids is 2. The van der Waals surface area contributed by atoms with Gasteiger partial charge >= 0.3 is 0 Å². The number of hydrogen-bond donors (Lipinski definition) is 5. The minimum atomic E-state index is -4.27. The topological polar surface area (TPSA) is 171 Å². The van der Waals surface area contributed by atoms with Gasteiger partial charge in [0.1, 0.15) is 17.9 Å². The van der Waals surface area contributed by atoms with Gasteiger partial charge in [-0.25, -0.2) is 5.14 Å². The maximum absolute atomic E-state index is 14.0. The van der Waals surface area contributed by atoms with Crippen LogP contribution in [0.25, 0.3) is 0 Å². The van der Waals surface area contributed by atoms with Crippen molar-refractivity contribution in [1.82, 2.24) is 14.9 Å². The summed E-state index contributed by atoms with van der Waals surface area (Å²) in [5.41, 5.74) is 7.56. The summed E-state index contributed by atoms with van der Waals surface area (Å²) < 4.78 is 26.9. The minimum Gasteiger partial charge on any atom is -0.384 e. The van der Waals surface area contributed by atoms with Gasteiger partial charge in [0.2, 0.25) is 11.8 Å². The van der Waals surface area contributed by atoms with Crippen LogP contribution in [0.1, 0.15) is 40.3 Å². The first-order valence-electron chi connectivity index (χ1n) is 12.0. The molecule has 7 N–H and O–H groups in total. The van der Waals surface area contributed by atoms with Crippen LogP contribution in [-0.4, -0.2) is 49.6 Å². The van der Waals surface area contributed by atoms with Gasteiger partial charge < -0.3 is 16.0 Å². The van der Waals surface area contributed by atoms with E-state index in [4.69, 9.17) is 16.3 Å². The number of nitrogens with one attached hydrogen (secondary N) is 3. The van der Waals surface area contributed by atoms with Crippen molar-refractivity contribution in [2.45, 2.75) is 37.4 Å². The second-order valence-corrected chi connectivity index (χ2v) is 11.4. The molecule has 1 fully saturated rings. The molecule has 2 amide bonds. The van der Waals surface area contributed by atoms with Gasteiger partial charge in [-0.05, 0) is 30.0 Å². The van der Waals surface area contributed by atoms with Gasteiger partial charge in [0, 0.05) is 28.3 Å². The molecular weight excluding hydrogens is 524 g/mol. The number of amidine groups is 1. The molecule has 0 spiro atoms. The van der Waals surface area contributed by atoms with Gasteiger partial charge in [-0.2, -0.15) is 13.1 Å². The number of nitrogens with zero attached hydrogens (tertiary/aromatic N) is 1. The fourth-order valence-electron chi connectivity index (χ4n) is 4.72. The Morgan fingerprint density at radius 2 is 1.68 bits per heavy atom. The van der Waals surface area contributed by atoms with E-state index in [0.717, 1.165) is 16.0 Å². The van der Waals surface area contributed by atoms with Crippen LogP contribution in [0.4, 0.5) is 0 Å². The number of carbonyl (C=O) groups is 2. The number of thiophene rings is 1. The lowest BCUT2D eigenvalue weighted by molar-refractivity contribution is -0.140. The highest BCUT2D eigenvalue weighted by molar-refractivity contribution is 7.87. The number of rotatable bonds is 10. The quantitative estimate of drug-likeness (QED) is 0.189. The normalized spacial score (nSPS) is 16.4. The molecule has 1 aromatic heterocycles. The summed E-state index contributed by atoms with van der Waals surface area (Å²) in [4.78, 5) is 29.4. The summed E-state index contributed by atoms with van der Waals surface area (Å²) in [5.74, 6) is -1.59. The van der Waals surface area contributed by atoms with E-state index >= 15 is 0 Å². The SMILES string of the molecule is N=C(N)c1csc(CNC(=O)C2CCCN2C(=O)C(NS(N)(=O)=O)C(c2ccccc2)c2ccccc2)c1. The highest BCUT2D eigenvalue weighted by Gasteiger charge is 2.42. The van der Waals surface area contributed by atoms with E-state index in [2.05, 4.69) is 10.0 Å². The van der Waals surface area contributed by atoms with E-state index in [1.165, 1.54) is 16.2 Å². The molecule has 2 aromatic carbocycles. The van der Waals surface area contributed by atoms with E-state index in [1.54, 1.807) is 11.4 Å². The maximum Gasteiger partial charge on any atom is 0.275 e. The Labute approximate surface area is 225 Å². The molecule has 0 radical (unpaired) electrons. The largest absolute Gasteiger partial charge is 0.384 e. The van der Waals surface area contributed by atoms with Gasteiger partial charge in [0.05, 0.1) is 6.54 Å². The summed E-state index contributed by atoms with van der Waals surface area (Å²) in [6.45, 7) is 0.536. The lowest BCUT2D eigenvalue weighted by Gasteiger charge is -2.33. The Hall–Kier alpha value is -3.58. The fraction of sp³-hybridized carbons (Fsp3) is 0.269. The monoisotopic (exact) mass is 554 g/mol. The third kappa shape index (κ3) is 6.64. The molecule has 2 heterocycles. The third-order valence-corrected chi connectivity index (χ3v) is 7.97. The molecule has 0 aliphatic carbocycles. The third-order valence-electron chi connectivity index (χ3n) is 6.45. The summed E-state index contributed by atoms with van der Waals surface area (Å²) in [6.07, 6.45) is 1.05. The molecule has 2 unspecified atom stereocenters. The number of benzene rings is 2. The summed E-state index contributed by atoms with van der Waals surface area (Å²) >= 11 is 1.37. The van der Waals surface area contributed by atoms with Gasteiger partial charge in [0.15, 0.2) is 0 Å². The lowest BCUT2D eigenvalue weighted by Crippen LogP contribution is -2.56. The molecule has 200 valence electrons. The predicted molar refractivity (Wildman–Crippen MR) is 147 cm³/mol. The van der Waals surface area contributed by atoms with E-state index in [0.29, 0.717) is 24.9 Å². The van der Waals surface area contributed by atoms with Crippen LogP contribution in [0, 0.1) is 5.41 Å². The smallest absolute Gasteiger partial charge is 0.275 e. The van der Waals surface area contributed by atoms with Crippen LogP contribution in [0.3, 0.4) is 0 Å². The number of nitrogens with two attached hydrogens (primary N) is 2. The lowest BCUT2D eigenvalue weighted by atomic mass is 9.84. The van der Waals surface area contributed by atoms with Crippen molar-refractivity contribution in [1.29, 1.82) is 5.41 Å². The summed E-state index contributed by atoms with van der Waals surface area (Å²) in [6, 6.07) is 18.0. The molecular formula is C26H30N6O4S2. The van der Waals surface area contributed by atoms with Crippen LogP contribution >= 0.6 is 11.3 Å². The van der Waals surface area contributed by atoms with Crippen molar-refractivity contribution >= 4 is 39.2 Å². The van der Waals surface area contributed by atoms with E-state index < -0.39 is 34.1 Å². The van der Waals surface area contributed by atoms with E-state index in [9.17, 15) is 18.0 Å². The van der Waals surface area contributed by atoms with Crippen molar-refractivity contribution in [2.24, 2.45) is 10.9 Å². The first-order valence-corrected chi connectivity index (χ1v) is 14.5. The number of likely N-dealkylation sites (tertiary alicyclic amines) is 1. The molecule has 38 heavy (non-hydrogen) atoms. The zero-order valence-electron chi connectivity index (χ0n) is 20.5. The van der Waals surface area contributed by atoms with Crippen LogP contribution in [0.5, 0.6) is 0 Å². The van der Waals surface area contributed by atoms with Crippen molar-refractivity contribution in [3.8, 4) is 0 Å². The van der Waals surface area contributed by atoms with Crippen LogP contribution in [0.15, 0.2) is 72.1 Å². The van der Waals surface area contributed by atoms with Crippen LogP contribution < -0.4 is 20.9 Å². The molecule has 0 saturated carbocycles. The van der Waals surface area contributed by atoms with E-state index in [-0.39, 0.29) is 18.3 Å². The minimum absolute atomic E-state index is 0.0498. The molecule has 1 aliphatic rings. The number of hydrogen-bond acceptors (Lipinski definition) is 6. The first-order chi connectivity index (χ1) is 18.1. The van der Waals surface area contributed by atoms with Crippen molar-refractivity contribution < 1.29 is 18.0 Å². The average Bonchev–Trinajstić information content (AvgIpc) is 3.57. The van der Waals surface area contributed by atoms with E-state index in [1.807, 2.05) is 60.7 Å². The molecule has 0 bridgehead atoms. The highest BCUT2D eigenvalue weighted by atomic mass is 32.2. The Bertz CT molecular complexity index is 1360. The summed E-state index contributed by atoms with van der Waals surface area (Å²) in [5, 5.41) is 17.5. The van der Waals surface area contributed by atoms with Gasteiger partial charge in [-0.1, -0.05) is 60.7 Å². The van der Waals surface area contributed by atoms with Crippen molar-refractivity contribution in [2.75, 3.05) is 6.54 Å². The van der Waals surface area contributed by atoms with Gasteiger partial charge in [-0.15, -0.1) is 11.3 Å². The average molecular weight is 555 g/mol. The molecule has 12 heteroatoms. The van der Waals surface area contributed by atoms with Crippen LogP contribution in [-0.2, 0) is 26.3 Å². The van der Waals surface area contributed by atoms with Gasteiger partial charge in [-0.3, -0.25) is 15.0 Å². The Balaban J connectivity index is 1.61. The van der Waals surface area contributed by atoms with Crippen molar-refractivity contribution in [3.63, 3.8) is 0 Å². The van der Waals surface area contributed by atoms with Gasteiger partial charge in [0.25, 0.3) is 10.2 Å². The van der Waals surface area contributed by atoms with Crippen LogP contribution in [0.2, 0.25) is 0 Å². The predicted octanol–water partition coefficient (Wildman–Crippen LogP) is 1.63. The Morgan fingerprint density at radius 3 is 2.21 bits per heavy atom. The Morgan fingerprint density at radius 1 is 1.08 bits per heavy atom. The summed E-state index contributed by atoms with van der Waals surface area (Å²) in [7, 11) is -4.27. The molecule has 1 aliphatic heterocycles. The highest BCUT2D eigenvalue weighted by Crippen LogP contribution is 2.31. The molecule has 4 rings (SSSR count). The first kappa shape index (κ1) is 27.5. The fourth-order valence-corrected chi connectivity index (χ4v) is 6.14. The standard InChI is InChI=1S/C26H30N6O4S2/c27-24(28)19-14-20(37-16-19)15-30-25(33)21-12-7-13-32(21)26(34)23(31-38(29,35)36)22(17-8-3-1-4-9-17)18-10-5-2-6-11-18/h1-6,8-11,14,16,21-23,31H,7,12-13,15H2,(H3,27,28)(H,30,33)(H2,29,35,36). The van der Waals surface area contributed by atoms with Crippen molar-refractivity contribution in [3.05, 3.63) is 93.7 Å². The maximum atomic E-state index is 14.0. The molecule has 2 atom stereocenters. The molecule has 1 saturated heterocycles. The zero-order chi connectivity index (χ0) is 27.3. The zero-order valence-corrected chi connectivity index (χ0v) is 22.2. The number of amides is 2. The Kier molecular flexibility index (Phi) is 8.57. The molecule has 3 aromatic rings. The second-order valence-electron chi connectivity index (χ2n) is 9.06. The second kappa shape index (κ2) is 11.9. The molecule has 10 nitrogen and oxygen atoms in total.